The Balaban J connectivity index is 3.11. The number of carbonyl (C=O) groups excluding carboxylic acids is 1. The maximum absolute atomic E-state index is 11.7. The number of carbonyl (C=O) groups is 1. The van der Waals surface area contributed by atoms with Crippen LogP contribution >= 0.6 is 0 Å². The van der Waals surface area contributed by atoms with Crippen LogP contribution in [0, 0.1) is 23.0 Å². The van der Waals surface area contributed by atoms with E-state index in [1.165, 1.54) is 13.2 Å². The van der Waals surface area contributed by atoms with Crippen molar-refractivity contribution >= 4 is 17.3 Å². The van der Waals surface area contributed by atoms with Crippen molar-refractivity contribution in [1.29, 1.82) is 0 Å². The van der Waals surface area contributed by atoms with Gasteiger partial charge in [0.05, 0.1) is 12.0 Å². The van der Waals surface area contributed by atoms with Gasteiger partial charge in [-0.25, -0.2) is 4.79 Å². The Morgan fingerprint density at radius 3 is 2.53 bits per heavy atom. The van der Waals surface area contributed by atoms with Crippen molar-refractivity contribution in [2.75, 3.05) is 12.4 Å². The zero-order valence-corrected chi connectivity index (χ0v) is 11.5. The topological polar surface area (TPSA) is 81.5 Å². The lowest BCUT2D eigenvalue weighted by Crippen LogP contribution is -2.35. The summed E-state index contributed by atoms with van der Waals surface area (Å²) in [6, 6.07) is 4.11. The van der Waals surface area contributed by atoms with Gasteiger partial charge in [-0.15, -0.1) is 0 Å². The minimum absolute atomic E-state index is 0.0485. The molecular weight excluding hydrogens is 248 g/mol. The molecule has 0 fully saturated rings. The summed E-state index contributed by atoms with van der Waals surface area (Å²) in [6.07, 6.45) is 0. The molecule has 6 nitrogen and oxygen atoms in total. The van der Waals surface area contributed by atoms with Crippen LogP contribution < -0.4 is 5.32 Å². The van der Waals surface area contributed by atoms with E-state index < -0.39 is 16.9 Å². The Bertz CT molecular complexity index is 486. The maximum Gasteiger partial charge on any atom is 0.328 e. The highest BCUT2D eigenvalue weighted by atomic mass is 16.6. The number of benzene rings is 1. The highest BCUT2D eigenvalue weighted by molar-refractivity contribution is 5.81. The summed E-state index contributed by atoms with van der Waals surface area (Å²) in [5.41, 5.74) is 1.15. The second-order valence-corrected chi connectivity index (χ2v) is 4.67. The lowest BCUT2D eigenvalue weighted by molar-refractivity contribution is -0.384. The van der Waals surface area contributed by atoms with Gasteiger partial charge in [0.2, 0.25) is 0 Å². The number of nitro benzene ring substituents is 1. The lowest BCUT2D eigenvalue weighted by Gasteiger charge is -2.21. The molecule has 1 rings (SSSR count). The number of nitrogens with zero attached hydrogens (tertiary/aromatic N) is 1. The van der Waals surface area contributed by atoms with Crippen LogP contribution in [0.2, 0.25) is 0 Å². The van der Waals surface area contributed by atoms with E-state index in [1.54, 1.807) is 12.1 Å². The van der Waals surface area contributed by atoms with Gasteiger partial charge in [0.25, 0.3) is 5.69 Å². The van der Waals surface area contributed by atoms with Crippen molar-refractivity contribution in [3.8, 4) is 0 Å². The summed E-state index contributed by atoms with van der Waals surface area (Å²) >= 11 is 0. The van der Waals surface area contributed by atoms with E-state index in [9.17, 15) is 14.9 Å². The summed E-state index contributed by atoms with van der Waals surface area (Å²) in [4.78, 5) is 22.2. The highest BCUT2D eigenvalue weighted by Gasteiger charge is 2.25. The zero-order chi connectivity index (χ0) is 14.6. The van der Waals surface area contributed by atoms with Crippen LogP contribution in [0.4, 0.5) is 11.4 Å². The minimum Gasteiger partial charge on any atom is -0.467 e. The van der Waals surface area contributed by atoms with E-state index in [1.807, 2.05) is 20.8 Å². The molecule has 0 aliphatic heterocycles. The van der Waals surface area contributed by atoms with Gasteiger partial charge >= 0.3 is 5.97 Å². The quantitative estimate of drug-likeness (QED) is 0.503. The average molecular weight is 266 g/mol. The molecule has 1 unspecified atom stereocenters. The van der Waals surface area contributed by atoms with E-state index in [0.717, 1.165) is 5.56 Å². The third kappa shape index (κ3) is 3.67. The summed E-state index contributed by atoms with van der Waals surface area (Å²) in [7, 11) is 1.30. The van der Waals surface area contributed by atoms with Crippen LogP contribution in [-0.2, 0) is 9.53 Å². The van der Waals surface area contributed by atoms with E-state index in [0.29, 0.717) is 5.69 Å². The van der Waals surface area contributed by atoms with Gasteiger partial charge in [-0.3, -0.25) is 10.1 Å². The molecule has 1 aromatic rings. The van der Waals surface area contributed by atoms with E-state index >= 15 is 0 Å². The molecule has 0 spiro atoms. The average Bonchev–Trinajstić information content (AvgIpc) is 2.34. The summed E-state index contributed by atoms with van der Waals surface area (Å²) in [5.74, 6) is -0.488. The summed E-state index contributed by atoms with van der Waals surface area (Å²) < 4.78 is 4.71. The van der Waals surface area contributed by atoms with E-state index in [2.05, 4.69) is 5.32 Å². The number of hydrogen-bond donors (Lipinski definition) is 1. The van der Waals surface area contributed by atoms with Crippen molar-refractivity contribution < 1.29 is 14.5 Å². The molecule has 0 aliphatic carbocycles. The first kappa shape index (κ1) is 14.9. The standard InChI is InChI=1S/C13H18N2O4/c1-8(2)12(13(16)19-4)14-10-7-9(3)5-6-11(10)15(17)18/h5-8,12,14H,1-4H3. The minimum atomic E-state index is -0.620. The molecule has 0 heterocycles. The molecule has 1 aromatic carbocycles. The number of nitrogens with one attached hydrogen (secondary N) is 1. The first-order valence-corrected chi connectivity index (χ1v) is 5.96. The van der Waals surface area contributed by atoms with Gasteiger partial charge in [-0.1, -0.05) is 19.9 Å². The predicted molar refractivity (Wildman–Crippen MR) is 72.1 cm³/mol. The SMILES string of the molecule is COC(=O)C(Nc1cc(C)ccc1[N+](=O)[O-])C(C)C. The zero-order valence-electron chi connectivity index (χ0n) is 11.5. The number of ether oxygens (including phenoxy) is 1. The molecule has 19 heavy (non-hydrogen) atoms. The normalized spacial score (nSPS) is 12.1. The van der Waals surface area contributed by atoms with Crippen LogP contribution in [0.15, 0.2) is 18.2 Å². The lowest BCUT2D eigenvalue weighted by atomic mass is 10.0. The molecule has 0 saturated heterocycles. The molecule has 0 amide bonds. The molecule has 1 atom stereocenters. The molecule has 104 valence electrons. The highest BCUT2D eigenvalue weighted by Crippen LogP contribution is 2.27. The van der Waals surface area contributed by atoms with Gasteiger partial charge in [-0.2, -0.15) is 0 Å². The first-order chi connectivity index (χ1) is 8.86. The van der Waals surface area contributed by atoms with E-state index in [-0.39, 0.29) is 11.6 Å². The molecule has 0 bridgehead atoms. The second kappa shape index (κ2) is 6.17. The van der Waals surface area contributed by atoms with Gasteiger partial charge in [0.1, 0.15) is 11.7 Å². The Morgan fingerprint density at radius 2 is 2.05 bits per heavy atom. The van der Waals surface area contributed by atoms with Crippen molar-refractivity contribution in [3.63, 3.8) is 0 Å². The maximum atomic E-state index is 11.7. The molecule has 0 aliphatic rings. The molecule has 1 N–H and O–H groups in total. The first-order valence-electron chi connectivity index (χ1n) is 5.96. The number of rotatable bonds is 5. The van der Waals surface area contributed by atoms with Crippen molar-refractivity contribution in [3.05, 3.63) is 33.9 Å². The summed E-state index contributed by atoms with van der Waals surface area (Å²) in [6.45, 7) is 5.52. The van der Waals surface area contributed by atoms with Crippen LogP contribution in [0.25, 0.3) is 0 Å². The van der Waals surface area contributed by atoms with Gasteiger partial charge in [0, 0.05) is 6.07 Å². The van der Waals surface area contributed by atoms with Crippen molar-refractivity contribution in [2.24, 2.45) is 5.92 Å². The van der Waals surface area contributed by atoms with Gasteiger partial charge in [0.15, 0.2) is 0 Å². The van der Waals surface area contributed by atoms with Crippen molar-refractivity contribution in [2.45, 2.75) is 26.8 Å². The Hall–Kier alpha value is -2.11. The van der Waals surface area contributed by atoms with Crippen LogP contribution in [0.1, 0.15) is 19.4 Å². The van der Waals surface area contributed by atoms with Crippen LogP contribution in [0.5, 0.6) is 0 Å². The summed E-state index contributed by atoms with van der Waals surface area (Å²) in [5, 5.41) is 13.9. The fraction of sp³-hybridized carbons (Fsp3) is 0.462. The Morgan fingerprint density at radius 1 is 1.42 bits per heavy atom. The molecular formula is C13H18N2O4. The number of hydrogen-bond acceptors (Lipinski definition) is 5. The Labute approximate surface area is 111 Å². The third-order valence-electron chi connectivity index (χ3n) is 2.78. The van der Waals surface area contributed by atoms with Crippen molar-refractivity contribution in [1.82, 2.24) is 0 Å². The predicted octanol–water partition coefficient (Wildman–Crippen LogP) is 2.51. The van der Waals surface area contributed by atoms with E-state index in [4.69, 9.17) is 4.74 Å². The molecule has 0 saturated carbocycles. The number of anilines is 1. The molecule has 6 heteroatoms. The number of esters is 1. The van der Waals surface area contributed by atoms with Gasteiger partial charge in [-0.05, 0) is 24.5 Å². The Kier molecular flexibility index (Phi) is 4.86. The number of methoxy groups -OCH3 is 1. The molecule has 0 aromatic heterocycles. The van der Waals surface area contributed by atoms with Gasteiger partial charge < -0.3 is 10.1 Å². The third-order valence-corrected chi connectivity index (χ3v) is 2.78. The number of nitro groups is 1. The fourth-order valence-corrected chi connectivity index (χ4v) is 1.72. The second-order valence-electron chi connectivity index (χ2n) is 4.67. The monoisotopic (exact) mass is 266 g/mol. The fourth-order valence-electron chi connectivity index (χ4n) is 1.72. The molecule has 0 radical (unpaired) electrons. The van der Waals surface area contributed by atoms with Crippen LogP contribution in [0.3, 0.4) is 0 Å². The largest absolute Gasteiger partial charge is 0.467 e. The number of aryl methyl sites for hydroxylation is 1. The van der Waals surface area contributed by atoms with Crippen LogP contribution in [-0.4, -0.2) is 24.0 Å². The smallest absolute Gasteiger partial charge is 0.328 e.